The zero-order valence-electron chi connectivity index (χ0n) is 9.14. The molecule has 0 bridgehead atoms. The lowest BCUT2D eigenvalue weighted by atomic mass is 10.0. The molecule has 0 aliphatic carbocycles. The Labute approximate surface area is 94.3 Å². The molecule has 2 atom stereocenters. The number of thiophene rings is 1. The lowest BCUT2D eigenvalue weighted by molar-refractivity contribution is -0.0845. The van der Waals surface area contributed by atoms with E-state index in [1.54, 1.807) is 11.3 Å². The molecule has 1 N–H and O–H groups in total. The van der Waals surface area contributed by atoms with Crippen LogP contribution in [0.4, 0.5) is 0 Å². The Hall–Kier alpha value is -0.420. The zero-order chi connectivity index (χ0) is 10.8. The van der Waals surface area contributed by atoms with Crippen molar-refractivity contribution in [2.75, 3.05) is 26.7 Å². The maximum Gasteiger partial charge on any atom is 0.107 e. The quantitative estimate of drug-likeness (QED) is 0.829. The van der Waals surface area contributed by atoms with E-state index in [-0.39, 0.29) is 6.10 Å². The van der Waals surface area contributed by atoms with Gasteiger partial charge in [-0.2, -0.15) is 0 Å². The first-order valence-corrected chi connectivity index (χ1v) is 6.08. The Bertz CT molecular complexity index is 326. The number of rotatable bonds is 2. The van der Waals surface area contributed by atoms with E-state index >= 15 is 0 Å². The van der Waals surface area contributed by atoms with Crippen LogP contribution in [0.5, 0.6) is 0 Å². The highest BCUT2D eigenvalue weighted by Crippen LogP contribution is 2.27. The molecule has 1 aromatic heterocycles. The number of aryl methyl sites for hydroxylation is 1. The summed E-state index contributed by atoms with van der Waals surface area (Å²) in [7, 11) is 2.06. The Morgan fingerprint density at radius 1 is 1.67 bits per heavy atom. The molecule has 1 saturated heterocycles. The van der Waals surface area contributed by atoms with Gasteiger partial charge in [0.1, 0.15) is 12.2 Å². The summed E-state index contributed by atoms with van der Waals surface area (Å²) < 4.78 is 5.60. The molecule has 0 radical (unpaired) electrons. The van der Waals surface area contributed by atoms with Crippen molar-refractivity contribution >= 4 is 11.3 Å². The maximum absolute atomic E-state index is 10.2. The number of aliphatic hydroxyl groups excluding tert-OH is 1. The molecule has 84 valence electrons. The van der Waals surface area contributed by atoms with E-state index in [2.05, 4.69) is 11.9 Å². The van der Waals surface area contributed by atoms with Crippen molar-refractivity contribution in [1.82, 2.24) is 4.90 Å². The van der Waals surface area contributed by atoms with Gasteiger partial charge in [0.25, 0.3) is 0 Å². The fourth-order valence-corrected chi connectivity index (χ4v) is 2.65. The first-order valence-electron chi connectivity index (χ1n) is 5.20. The zero-order valence-corrected chi connectivity index (χ0v) is 9.96. The van der Waals surface area contributed by atoms with Gasteiger partial charge in [0, 0.05) is 18.0 Å². The van der Waals surface area contributed by atoms with E-state index in [0.717, 1.165) is 18.7 Å². The van der Waals surface area contributed by atoms with E-state index in [1.165, 1.54) is 4.88 Å². The summed E-state index contributed by atoms with van der Waals surface area (Å²) >= 11 is 1.67. The van der Waals surface area contributed by atoms with Gasteiger partial charge in [-0.3, -0.25) is 0 Å². The van der Waals surface area contributed by atoms with Gasteiger partial charge in [0.15, 0.2) is 0 Å². The summed E-state index contributed by atoms with van der Waals surface area (Å²) in [4.78, 5) is 3.37. The molecule has 3 nitrogen and oxygen atoms in total. The molecule has 1 aromatic rings. The second kappa shape index (κ2) is 4.61. The smallest absolute Gasteiger partial charge is 0.107 e. The first-order chi connectivity index (χ1) is 7.18. The number of hydrogen-bond acceptors (Lipinski definition) is 4. The molecule has 2 rings (SSSR count). The van der Waals surface area contributed by atoms with Gasteiger partial charge >= 0.3 is 0 Å². The lowest BCUT2D eigenvalue weighted by Crippen LogP contribution is -2.43. The molecule has 1 aliphatic heterocycles. The predicted octanol–water partition coefficient (Wildman–Crippen LogP) is 1.42. The minimum atomic E-state index is -0.487. The van der Waals surface area contributed by atoms with Gasteiger partial charge in [0.05, 0.1) is 6.61 Å². The van der Waals surface area contributed by atoms with Crippen LogP contribution in [0.15, 0.2) is 11.4 Å². The van der Waals surface area contributed by atoms with Crippen LogP contribution >= 0.6 is 11.3 Å². The van der Waals surface area contributed by atoms with Gasteiger partial charge in [-0.05, 0) is 31.0 Å². The predicted molar refractivity (Wildman–Crippen MR) is 61.3 cm³/mol. The van der Waals surface area contributed by atoms with Crippen molar-refractivity contribution in [2.24, 2.45) is 0 Å². The number of hydrogen-bond donors (Lipinski definition) is 1. The van der Waals surface area contributed by atoms with Gasteiger partial charge in [0.2, 0.25) is 0 Å². The average molecular weight is 227 g/mol. The maximum atomic E-state index is 10.2. The summed E-state index contributed by atoms with van der Waals surface area (Å²) in [6, 6.07) is 1.99. The fourth-order valence-electron chi connectivity index (χ4n) is 1.90. The summed E-state index contributed by atoms with van der Waals surface area (Å²) in [6.07, 6.45) is -0.573. The van der Waals surface area contributed by atoms with Gasteiger partial charge in [-0.1, -0.05) is 0 Å². The lowest BCUT2D eigenvalue weighted by Gasteiger charge is -2.33. The third-order valence-electron chi connectivity index (χ3n) is 2.87. The minimum absolute atomic E-state index is 0.0861. The van der Waals surface area contributed by atoms with Crippen LogP contribution in [-0.4, -0.2) is 42.9 Å². The van der Waals surface area contributed by atoms with Crippen LogP contribution in [0, 0.1) is 6.92 Å². The Morgan fingerprint density at radius 3 is 3.07 bits per heavy atom. The number of likely N-dealkylation sites (N-methyl/N-ethyl adjacent to an activating group) is 1. The third kappa shape index (κ3) is 2.39. The number of morpholine rings is 1. The summed E-state index contributed by atoms with van der Waals surface area (Å²) in [6.45, 7) is 4.50. The van der Waals surface area contributed by atoms with Crippen molar-refractivity contribution < 1.29 is 9.84 Å². The molecule has 15 heavy (non-hydrogen) atoms. The highest BCUT2D eigenvalue weighted by atomic mass is 32.1. The molecule has 0 saturated carbocycles. The Balaban J connectivity index is 2.07. The van der Waals surface area contributed by atoms with E-state index in [1.807, 2.05) is 18.4 Å². The van der Waals surface area contributed by atoms with Crippen LogP contribution in [-0.2, 0) is 4.74 Å². The molecule has 0 aromatic carbocycles. The van der Waals surface area contributed by atoms with Crippen molar-refractivity contribution in [3.8, 4) is 0 Å². The molecule has 2 unspecified atom stereocenters. The molecular weight excluding hydrogens is 210 g/mol. The Morgan fingerprint density at radius 2 is 2.47 bits per heavy atom. The van der Waals surface area contributed by atoms with E-state index in [0.29, 0.717) is 6.61 Å². The van der Waals surface area contributed by atoms with Gasteiger partial charge in [-0.15, -0.1) is 11.3 Å². The molecule has 0 spiro atoms. The van der Waals surface area contributed by atoms with E-state index in [9.17, 15) is 5.11 Å². The van der Waals surface area contributed by atoms with E-state index in [4.69, 9.17) is 4.74 Å². The molecule has 0 amide bonds. The van der Waals surface area contributed by atoms with E-state index < -0.39 is 6.10 Å². The highest BCUT2D eigenvalue weighted by Gasteiger charge is 2.27. The fraction of sp³-hybridized carbons (Fsp3) is 0.636. The van der Waals surface area contributed by atoms with Gasteiger partial charge < -0.3 is 14.7 Å². The largest absolute Gasteiger partial charge is 0.386 e. The second-order valence-electron chi connectivity index (χ2n) is 4.05. The number of nitrogens with zero attached hydrogens (tertiary/aromatic N) is 1. The standard InChI is InChI=1S/C11H17NO2S/c1-8-9(3-6-15-8)11(13)10-7-12(2)4-5-14-10/h3,6,10-11,13H,4-5,7H2,1-2H3. The summed E-state index contributed by atoms with van der Waals surface area (Å²) in [5.41, 5.74) is 1.01. The third-order valence-corrected chi connectivity index (χ3v) is 3.73. The van der Waals surface area contributed by atoms with Crippen LogP contribution in [0.3, 0.4) is 0 Å². The van der Waals surface area contributed by atoms with Crippen LogP contribution in [0.25, 0.3) is 0 Å². The summed E-state index contributed by atoms with van der Waals surface area (Å²) in [5, 5.41) is 12.2. The van der Waals surface area contributed by atoms with Crippen molar-refractivity contribution in [3.05, 3.63) is 21.9 Å². The second-order valence-corrected chi connectivity index (χ2v) is 5.17. The van der Waals surface area contributed by atoms with Crippen LogP contribution in [0.1, 0.15) is 16.5 Å². The average Bonchev–Trinajstić information content (AvgIpc) is 2.63. The molecule has 1 aliphatic rings. The normalized spacial score (nSPS) is 25.4. The van der Waals surface area contributed by atoms with Crippen molar-refractivity contribution in [2.45, 2.75) is 19.1 Å². The highest BCUT2D eigenvalue weighted by molar-refractivity contribution is 7.10. The topological polar surface area (TPSA) is 32.7 Å². The van der Waals surface area contributed by atoms with Crippen LogP contribution in [0.2, 0.25) is 0 Å². The minimum Gasteiger partial charge on any atom is -0.386 e. The SMILES string of the molecule is Cc1sccc1C(O)C1CN(C)CCO1. The molecular formula is C11H17NO2S. The number of aliphatic hydroxyl groups is 1. The molecule has 4 heteroatoms. The Kier molecular flexibility index (Phi) is 3.41. The van der Waals surface area contributed by atoms with Crippen LogP contribution < -0.4 is 0 Å². The van der Waals surface area contributed by atoms with Crippen molar-refractivity contribution in [3.63, 3.8) is 0 Å². The van der Waals surface area contributed by atoms with Gasteiger partial charge in [-0.25, -0.2) is 0 Å². The first kappa shape index (κ1) is 11.1. The number of ether oxygens (including phenoxy) is 1. The van der Waals surface area contributed by atoms with Crippen molar-refractivity contribution in [1.29, 1.82) is 0 Å². The summed E-state index contributed by atoms with van der Waals surface area (Å²) in [5.74, 6) is 0. The monoisotopic (exact) mass is 227 g/mol. The molecule has 1 fully saturated rings. The molecule has 2 heterocycles.